The number of pyridine rings is 1. The van der Waals surface area contributed by atoms with E-state index in [1.54, 1.807) is 30.7 Å². The van der Waals surface area contributed by atoms with E-state index in [1.807, 2.05) is 33.8 Å². The summed E-state index contributed by atoms with van der Waals surface area (Å²) in [5.74, 6) is -0.698. The molecular weight excluding hydrogens is 371 g/mol. The first-order valence-corrected chi connectivity index (χ1v) is 9.33. The van der Waals surface area contributed by atoms with E-state index in [-0.39, 0.29) is 22.6 Å². The number of hydrogen-bond acceptors (Lipinski definition) is 4. The Bertz CT molecular complexity index is 1100. The molecule has 3 aromatic rings. The molecule has 7 heteroatoms. The van der Waals surface area contributed by atoms with E-state index in [1.165, 1.54) is 12.1 Å². The van der Waals surface area contributed by atoms with E-state index in [0.717, 1.165) is 11.3 Å². The van der Waals surface area contributed by atoms with Crippen LogP contribution in [0.25, 0.3) is 5.69 Å². The predicted molar refractivity (Wildman–Crippen MR) is 111 cm³/mol. The van der Waals surface area contributed by atoms with Crippen molar-refractivity contribution in [1.82, 2.24) is 14.8 Å². The first-order valence-electron chi connectivity index (χ1n) is 9.33. The third kappa shape index (κ3) is 4.13. The summed E-state index contributed by atoms with van der Waals surface area (Å²) in [6, 6.07) is 8.06. The number of carboxylic acids is 1. The van der Waals surface area contributed by atoms with Gasteiger partial charge in [-0.15, -0.1) is 0 Å². The molecule has 0 atom stereocenters. The van der Waals surface area contributed by atoms with Gasteiger partial charge in [-0.25, -0.2) is 18.9 Å². The molecule has 0 aliphatic rings. The van der Waals surface area contributed by atoms with Crippen molar-refractivity contribution in [2.45, 2.75) is 47.0 Å². The minimum atomic E-state index is -1.07. The van der Waals surface area contributed by atoms with Crippen molar-refractivity contribution in [3.05, 3.63) is 64.2 Å². The number of rotatable bonds is 4. The number of hydrogen-bond donors (Lipinski definition) is 2. The SMILES string of the molecule is Cc1cc(C)c(C(=O)O)c(Nc2cc(C(C)(C)C)nn2-c2cc(F)ccc2C)n1. The maximum absolute atomic E-state index is 14.0. The second-order valence-corrected chi connectivity index (χ2v) is 8.24. The van der Waals surface area contributed by atoms with Gasteiger partial charge in [-0.3, -0.25) is 0 Å². The van der Waals surface area contributed by atoms with Gasteiger partial charge in [-0.1, -0.05) is 26.8 Å². The van der Waals surface area contributed by atoms with Crippen molar-refractivity contribution in [3.8, 4) is 5.69 Å². The maximum Gasteiger partial charge on any atom is 0.339 e. The Kier molecular flexibility index (Phi) is 5.17. The minimum absolute atomic E-state index is 0.0941. The highest BCUT2D eigenvalue weighted by Crippen LogP contribution is 2.30. The summed E-state index contributed by atoms with van der Waals surface area (Å²) in [6.45, 7) is 11.5. The molecule has 0 saturated heterocycles. The van der Waals surface area contributed by atoms with Gasteiger partial charge < -0.3 is 10.4 Å². The van der Waals surface area contributed by atoms with Crippen LogP contribution in [0.5, 0.6) is 0 Å². The van der Waals surface area contributed by atoms with E-state index in [4.69, 9.17) is 0 Å². The van der Waals surface area contributed by atoms with Gasteiger partial charge in [-0.2, -0.15) is 5.10 Å². The normalized spacial score (nSPS) is 11.6. The summed E-state index contributed by atoms with van der Waals surface area (Å²) in [5.41, 5.74) is 3.33. The van der Waals surface area contributed by atoms with Crippen molar-refractivity contribution in [1.29, 1.82) is 0 Å². The number of halogens is 1. The van der Waals surface area contributed by atoms with Crippen molar-refractivity contribution in [2.24, 2.45) is 0 Å². The largest absolute Gasteiger partial charge is 0.478 e. The standard InChI is InChI=1S/C22H25FN4O2/c1-12-7-8-15(23)10-16(12)27-18(11-17(26-27)22(4,5)6)25-20-19(21(28)29)13(2)9-14(3)24-20/h7-11H,1-6H3,(H,24,25)(H,28,29). The first-order chi connectivity index (χ1) is 13.5. The summed E-state index contributed by atoms with van der Waals surface area (Å²) >= 11 is 0. The summed E-state index contributed by atoms with van der Waals surface area (Å²) < 4.78 is 15.6. The molecule has 6 nitrogen and oxygen atoms in total. The van der Waals surface area contributed by atoms with Crippen molar-refractivity contribution in [3.63, 3.8) is 0 Å². The van der Waals surface area contributed by atoms with Gasteiger partial charge >= 0.3 is 5.97 Å². The van der Waals surface area contributed by atoms with Crippen LogP contribution in [0.4, 0.5) is 16.0 Å². The number of nitrogens with zero attached hydrogens (tertiary/aromatic N) is 3. The molecular formula is C22H25FN4O2. The summed E-state index contributed by atoms with van der Waals surface area (Å²) in [4.78, 5) is 16.2. The lowest BCUT2D eigenvalue weighted by Gasteiger charge is -2.15. The van der Waals surface area contributed by atoms with Gasteiger partial charge in [0, 0.05) is 17.2 Å². The number of benzene rings is 1. The molecule has 0 aliphatic carbocycles. The van der Waals surface area contributed by atoms with Crippen LogP contribution < -0.4 is 5.32 Å². The molecule has 0 fully saturated rings. The summed E-state index contributed by atoms with van der Waals surface area (Å²) in [7, 11) is 0. The second kappa shape index (κ2) is 7.31. The van der Waals surface area contributed by atoms with E-state index in [0.29, 0.717) is 22.8 Å². The fourth-order valence-electron chi connectivity index (χ4n) is 3.15. The van der Waals surface area contributed by atoms with Crippen molar-refractivity contribution < 1.29 is 14.3 Å². The molecule has 29 heavy (non-hydrogen) atoms. The molecule has 0 spiro atoms. The average Bonchev–Trinajstić information content (AvgIpc) is 3.00. The molecule has 2 aromatic heterocycles. The van der Waals surface area contributed by atoms with Gasteiger partial charge in [-0.05, 0) is 50.1 Å². The van der Waals surface area contributed by atoms with Gasteiger partial charge in [0.2, 0.25) is 0 Å². The monoisotopic (exact) mass is 396 g/mol. The highest BCUT2D eigenvalue weighted by Gasteiger charge is 2.23. The van der Waals surface area contributed by atoms with E-state index >= 15 is 0 Å². The number of carbonyl (C=O) groups is 1. The summed E-state index contributed by atoms with van der Waals surface area (Å²) in [6.07, 6.45) is 0. The van der Waals surface area contributed by atoms with Gasteiger partial charge in [0.15, 0.2) is 0 Å². The highest BCUT2D eigenvalue weighted by molar-refractivity contribution is 5.95. The Hall–Kier alpha value is -3.22. The molecule has 0 aliphatic heterocycles. The quantitative estimate of drug-likeness (QED) is 0.643. The highest BCUT2D eigenvalue weighted by atomic mass is 19.1. The zero-order valence-electron chi connectivity index (χ0n) is 17.5. The molecule has 1 aromatic carbocycles. The number of aromatic carboxylic acids is 1. The third-order valence-corrected chi connectivity index (χ3v) is 4.68. The fourth-order valence-corrected chi connectivity index (χ4v) is 3.15. The molecule has 0 amide bonds. The predicted octanol–water partition coefficient (Wildman–Crippen LogP) is 5.07. The number of aromatic nitrogens is 3. The Labute approximate surface area is 169 Å². The number of nitrogens with one attached hydrogen (secondary N) is 1. The molecule has 2 heterocycles. The fraction of sp³-hybridized carbons (Fsp3) is 0.318. The van der Waals surface area contributed by atoms with Gasteiger partial charge in [0.25, 0.3) is 0 Å². The second-order valence-electron chi connectivity index (χ2n) is 8.24. The van der Waals surface area contributed by atoms with E-state index < -0.39 is 5.97 Å². The molecule has 0 radical (unpaired) electrons. The zero-order valence-corrected chi connectivity index (χ0v) is 17.5. The molecule has 0 unspecified atom stereocenters. The van der Waals surface area contributed by atoms with Crippen LogP contribution in [0.2, 0.25) is 0 Å². The van der Waals surface area contributed by atoms with Crippen LogP contribution >= 0.6 is 0 Å². The molecule has 152 valence electrons. The summed E-state index contributed by atoms with van der Waals surface area (Å²) in [5, 5.41) is 17.5. The van der Waals surface area contributed by atoms with Gasteiger partial charge in [0.1, 0.15) is 23.0 Å². The molecule has 3 rings (SSSR count). The van der Waals surface area contributed by atoms with Crippen LogP contribution in [0, 0.1) is 26.6 Å². The van der Waals surface area contributed by atoms with Crippen molar-refractivity contribution in [2.75, 3.05) is 5.32 Å². The number of anilines is 2. The number of aryl methyl sites for hydroxylation is 3. The lowest BCUT2D eigenvalue weighted by Crippen LogP contribution is -2.13. The third-order valence-electron chi connectivity index (χ3n) is 4.68. The average molecular weight is 396 g/mol. The van der Waals surface area contributed by atoms with Crippen LogP contribution in [0.3, 0.4) is 0 Å². The van der Waals surface area contributed by atoms with Crippen molar-refractivity contribution >= 4 is 17.6 Å². The maximum atomic E-state index is 14.0. The lowest BCUT2D eigenvalue weighted by atomic mass is 9.92. The molecule has 0 bridgehead atoms. The lowest BCUT2D eigenvalue weighted by molar-refractivity contribution is 0.0697. The van der Waals surface area contributed by atoms with Crippen LogP contribution in [0.15, 0.2) is 30.3 Å². The minimum Gasteiger partial charge on any atom is -0.478 e. The Balaban J connectivity index is 2.22. The first kappa shape index (κ1) is 20.5. The smallest absolute Gasteiger partial charge is 0.339 e. The number of carboxylic acid groups (broad SMARTS) is 1. The molecule has 0 saturated carbocycles. The Morgan fingerprint density at radius 2 is 1.79 bits per heavy atom. The van der Waals surface area contributed by atoms with Crippen LogP contribution in [-0.2, 0) is 5.41 Å². The topological polar surface area (TPSA) is 80.0 Å². The zero-order chi connectivity index (χ0) is 21.5. The van der Waals surface area contributed by atoms with Crippen LogP contribution in [0.1, 0.15) is 53.6 Å². The van der Waals surface area contributed by atoms with E-state index in [9.17, 15) is 14.3 Å². The van der Waals surface area contributed by atoms with Gasteiger partial charge in [0.05, 0.1) is 11.4 Å². The van der Waals surface area contributed by atoms with Crippen LogP contribution in [-0.4, -0.2) is 25.8 Å². The van der Waals surface area contributed by atoms with E-state index in [2.05, 4.69) is 15.4 Å². The molecule has 2 N–H and O–H groups in total. The Morgan fingerprint density at radius 3 is 2.41 bits per heavy atom. The Morgan fingerprint density at radius 1 is 1.10 bits per heavy atom.